The monoisotopic (exact) mass is 271 g/mol. The Bertz CT molecular complexity index is 521. The van der Waals surface area contributed by atoms with Crippen LogP contribution in [0.15, 0.2) is 23.1 Å². The van der Waals surface area contributed by atoms with E-state index in [1.54, 1.807) is 12.1 Å². The molecule has 0 bridgehead atoms. The third-order valence-corrected chi connectivity index (χ3v) is 4.12. The topological polar surface area (TPSA) is 78.6 Å². The second-order valence-electron chi connectivity index (χ2n) is 4.34. The summed E-state index contributed by atoms with van der Waals surface area (Å²) in [5.74, 6) is 0.610. The van der Waals surface area contributed by atoms with Gasteiger partial charge in [-0.2, -0.15) is 0 Å². The maximum Gasteiger partial charge on any atom is 0.241 e. The van der Waals surface area contributed by atoms with E-state index in [1.807, 2.05) is 6.07 Å². The van der Waals surface area contributed by atoms with Gasteiger partial charge >= 0.3 is 0 Å². The highest BCUT2D eigenvalue weighted by Crippen LogP contribution is 2.31. The van der Waals surface area contributed by atoms with Gasteiger partial charge in [-0.15, -0.1) is 0 Å². The maximum absolute atomic E-state index is 11.5. The molecule has 100 valence electrons. The number of nitrogens with two attached hydrogens (primary N) is 1. The second-order valence-corrected chi connectivity index (χ2v) is 5.87. The molecule has 6 heteroatoms. The van der Waals surface area contributed by atoms with Crippen molar-refractivity contribution in [3.8, 4) is 5.75 Å². The van der Waals surface area contributed by atoms with Crippen LogP contribution in [-0.2, 0) is 14.8 Å². The molecule has 0 aliphatic carbocycles. The smallest absolute Gasteiger partial charge is 0.241 e. The molecule has 0 atom stereocenters. The van der Waals surface area contributed by atoms with Crippen LogP contribution in [0.4, 0.5) is 0 Å². The van der Waals surface area contributed by atoms with Gasteiger partial charge in [0.05, 0.1) is 7.11 Å². The first-order valence-corrected chi connectivity index (χ1v) is 7.35. The number of primary sulfonamides is 1. The highest BCUT2D eigenvalue weighted by Gasteiger charge is 2.21. The van der Waals surface area contributed by atoms with Crippen LogP contribution in [0.1, 0.15) is 24.3 Å². The fourth-order valence-electron chi connectivity index (χ4n) is 2.20. The predicted octanol–water partition coefficient (Wildman–Crippen LogP) is 1.24. The fourth-order valence-corrected chi connectivity index (χ4v) is 2.93. The minimum Gasteiger partial charge on any atom is -0.495 e. The van der Waals surface area contributed by atoms with Crippen molar-refractivity contribution in [3.63, 3.8) is 0 Å². The lowest BCUT2D eigenvalue weighted by Crippen LogP contribution is -2.17. The Morgan fingerprint density at radius 2 is 2.00 bits per heavy atom. The van der Waals surface area contributed by atoms with E-state index in [-0.39, 0.29) is 10.6 Å². The number of hydrogen-bond acceptors (Lipinski definition) is 4. The molecular weight excluding hydrogens is 254 g/mol. The fraction of sp³-hybridized carbons (Fsp3) is 0.500. The zero-order chi connectivity index (χ0) is 13.2. The Labute approximate surface area is 107 Å². The van der Waals surface area contributed by atoms with E-state index in [2.05, 4.69) is 0 Å². The first kappa shape index (κ1) is 13.3. The normalized spacial score (nSPS) is 17.7. The van der Waals surface area contributed by atoms with Crippen LogP contribution in [0.3, 0.4) is 0 Å². The van der Waals surface area contributed by atoms with Crippen LogP contribution >= 0.6 is 0 Å². The number of rotatable bonds is 3. The molecule has 0 saturated carbocycles. The van der Waals surface area contributed by atoms with Gasteiger partial charge in [-0.25, -0.2) is 13.6 Å². The van der Waals surface area contributed by atoms with Gasteiger partial charge in [-0.05, 0) is 36.5 Å². The lowest BCUT2D eigenvalue weighted by Gasteiger charge is -2.23. The van der Waals surface area contributed by atoms with E-state index in [1.165, 1.54) is 7.11 Å². The summed E-state index contributed by atoms with van der Waals surface area (Å²) in [5.41, 5.74) is 0.975. The van der Waals surface area contributed by atoms with Gasteiger partial charge < -0.3 is 9.47 Å². The second kappa shape index (κ2) is 5.26. The van der Waals surface area contributed by atoms with E-state index in [0.717, 1.165) is 18.4 Å². The largest absolute Gasteiger partial charge is 0.495 e. The molecule has 18 heavy (non-hydrogen) atoms. The zero-order valence-electron chi connectivity index (χ0n) is 10.3. The molecule has 1 aromatic carbocycles. The highest BCUT2D eigenvalue weighted by atomic mass is 32.2. The summed E-state index contributed by atoms with van der Waals surface area (Å²) in [4.78, 5) is 0.0500. The molecule has 0 spiro atoms. The predicted molar refractivity (Wildman–Crippen MR) is 67.2 cm³/mol. The average Bonchev–Trinajstić information content (AvgIpc) is 2.38. The Balaban J connectivity index is 2.39. The lowest BCUT2D eigenvalue weighted by molar-refractivity contribution is 0.0853. The maximum atomic E-state index is 11.5. The van der Waals surface area contributed by atoms with Crippen LogP contribution < -0.4 is 9.88 Å². The van der Waals surface area contributed by atoms with E-state index in [4.69, 9.17) is 14.6 Å². The quantitative estimate of drug-likeness (QED) is 0.897. The van der Waals surface area contributed by atoms with Crippen LogP contribution in [0.5, 0.6) is 5.75 Å². The van der Waals surface area contributed by atoms with Gasteiger partial charge in [0.15, 0.2) is 0 Å². The summed E-state index contributed by atoms with van der Waals surface area (Å²) in [5, 5.41) is 5.20. The van der Waals surface area contributed by atoms with E-state index in [9.17, 15) is 8.42 Å². The number of ether oxygens (including phenoxy) is 2. The van der Waals surface area contributed by atoms with Gasteiger partial charge in [-0.3, -0.25) is 0 Å². The van der Waals surface area contributed by atoms with Crippen molar-refractivity contribution < 1.29 is 17.9 Å². The SMILES string of the molecule is COc1ccc(C2CCOCC2)cc1S(N)(=O)=O. The Morgan fingerprint density at radius 1 is 1.33 bits per heavy atom. The Kier molecular flexibility index (Phi) is 3.89. The molecular formula is C12H17NO4S. The third kappa shape index (κ3) is 2.82. The molecule has 0 amide bonds. The van der Waals surface area contributed by atoms with Crippen molar-refractivity contribution in [1.82, 2.24) is 0 Å². The standard InChI is InChI=1S/C12H17NO4S/c1-16-11-3-2-10(8-12(11)18(13,14)15)9-4-6-17-7-5-9/h2-3,8-9H,4-7H2,1H3,(H2,13,14,15). The van der Waals surface area contributed by atoms with Crippen molar-refractivity contribution in [1.29, 1.82) is 0 Å². The molecule has 2 N–H and O–H groups in total. The van der Waals surface area contributed by atoms with Gasteiger partial charge in [-0.1, -0.05) is 6.07 Å². The first-order chi connectivity index (χ1) is 8.52. The van der Waals surface area contributed by atoms with Crippen molar-refractivity contribution in [2.75, 3.05) is 20.3 Å². The van der Waals surface area contributed by atoms with Gasteiger partial charge in [0.2, 0.25) is 10.0 Å². The van der Waals surface area contributed by atoms with Crippen LogP contribution in [0, 0.1) is 0 Å². The average molecular weight is 271 g/mol. The summed E-state index contributed by atoms with van der Waals surface area (Å²) in [6.07, 6.45) is 1.80. The number of hydrogen-bond donors (Lipinski definition) is 1. The molecule has 1 saturated heterocycles. The van der Waals surface area contributed by atoms with E-state index < -0.39 is 10.0 Å². The van der Waals surface area contributed by atoms with Crippen molar-refractivity contribution in [3.05, 3.63) is 23.8 Å². The summed E-state index contributed by atoms with van der Waals surface area (Å²) >= 11 is 0. The van der Waals surface area contributed by atoms with Crippen LogP contribution in [0.2, 0.25) is 0 Å². The number of sulfonamides is 1. The lowest BCUT2D eigenvalue weighted by atomic mass is 9.92. The van der Waals surface area contributed by atoms with Gasteiger partial charge in [0, 0.05) is 13.2 Å². The van der Waals surface area contributed by atoms with E-state index >= 15 is 0 Å². The molecule has 1 aliphatic heterocycles. The zero-order valence-corrected chi connectivity index (χ0v) is 11.1. The third-order valence-electron chi connectivity index (χ3n) is 3.19. The van der Waals surface area contributed by atoms with Crippen molar-refractivity contribution >= 4 is 10.0 Å². The first-order valence-electron chi connectivity index (χ1n) is 5.81. The van der Waals surface area contributed by atoms with Crippen molar-refractivity contribution in [2.24, 2.45) is 5.14 Å². The molecule has 1 aliphatic rings. The number of benzene rings is 1. The molecule has 0 radical (unpaired) electrons. The minimum atomic E-state index is -3.76. The van der Waals surface area contributed by atoms with E-state index in [0.29, 0.717) is 19.1 Å². The Morgan fingerprint density at radius 3 is 2.56 bits per heavy atom. The molecule has 0 aromatic heterocycles. The van der Waals surface area contributed by atoms with Crippen LogP contribution in [-0.4, -0.2) is 28.7 Å². The van der Waals surface area contributed by atoms with Crippen LogP contribution in [0.25, 0.3) is 0 Å². The van der Waals surface area contributed by atoms with Gasteiger partial charge in [0.25, 0.3) is 0 Å². The summed E-state index contributed by atoms with van der Waals surface area (Å²) in [6.45, 7) is 1.42. The summed E-state index contributed by atoms with van der Waals surface area (Å²) in [7, 11) is -2.33. The molecule has 1 heterocycles. The Hall–Kier alpha value is -1.11. The minimum absolute atomic E-state index is 0.0500. The van der Waals surface area contributed by atoms with Gasteiger partial charge in [0.1, 0.15) is 10.6 Å². The van der Waals surface area contributed by atoms with Crippen molar-refractivity contribution in [2.45, 2.75) is 23.7 Å². The summed E-state index contributed by atoms with van der Waals surface area (Å²) < 4.78 is 33.4. The molecule has 5 nitrogen and oxygen atoms in total. The highest BCUT2D eigenvalue weighted by molar-refractivity contribution is 7.89. The molecule has 2 rings (SSSR count). The summed E-state index contributed by atoms with van der Waals surface area (Å²) in [6, 6.07) is 5.16. The molecule has 1 fully saturated rings. The molecule has 0 unspecified atom stereocenters. The molecule has 1 aromatic rings. The number of methoxy groups -OCH3 is 1.